The highest BCUT2D eigenvalue weighted by molar-refractivity contribution is 14.1. The van der Waals surface area contributed by atoms with Crippen molar-refractivity contribution >= 4 is 50.1 Å². The van der Waals surface area contributed by atoms with Gasteiger partial charge in [-0.3, -0.25) is 13.9 Å². The smallest absolute Gasteiger partial charge is 0.244 e. The lowest BCUT2D eigenvalue weighted by molar-refractivity contribution is -0.140. The number of rotatable bonds is 10. The van der Waals surface area contributed by atoms with E-state index in [2.05, 4.69) is 27.9 Å². The van der Waals surface area contributed by atoms with Crippen LogP contribution in [0.15, 0.2) is 54.6 Å². The van der Waals surface area contributed by atoms with E-state index in [-0.39, 0.29) is 25.0 Å². The van der Waals surface area contributed by atoms with Gasteiger partial charge in [-0.25, -0.2) is 8.42 Å². The molecule has 1 unspecified atom stereocenters. The summed E-state index contributed by atoms with van der Waals surface area (Å²) in [6.07, 6.45) is 6.78. The van der Waals surface area contributed by atoms with Gasteiger partial charge in [0.05, 0.1) is 11.9 Å². The van der Waals surface area contributed by atoms with E-state index in [4.69, 9.17) is 0 Å². The molecule has 0 aromatic heterocycles. The summed E-state index contributed by atoms with van der Waals surface area (Å²) in [5.41, 5.74) is 1.30. The second-order valence-corrected chi connectivity index (χ2v) is 12.2. The summed E-state index contributed by atoms with van der Waals surface area (Å²) in [5.74, 6) is -0.590. The van der Waals surface area contributed by atoms with Gasteiger partial charge in [0.2, 0.25) is 21.8 Å². The third-order valence-electron chi connectivity index (χ3n) is 6.33. The Balaban J connectivity index is 1.88. The molecule has 0 radical (unpaired) electrons. The molecule has 1 fully saturated rings. The van der Waals surface area contributed by atoms with Gasteiger partial charge in [0.15, 0.2) is 0 Å². The number of carbonyl (C=O) groups is 2. The predicted molar refractivity (Wildman–Crippen MR) is 147 cm³/mol. The molecule has 0 heterocycles. The Morgan fingerprint density at radius 1 is 1.03 bits per heavy atom. The third-order valence-corrected chi connectivity index (χ3v) is 8.19. The number of amides is 2. The van der Waals surface area contributed by atoms with Crippen LogP contribution in [0.25, 0.3) is 0 Å². The Morgan fingerprint density at radius 2 is 1.66 bits per heavy atom. The van der Waals surface area contributed by atoms with E-state index in [0.717, 1.165) is 45.4 Å². The lowest BCUT2D eigenvalue weighted by atomic mass is 9.95. The summed E-state index contributed by atoms with van der Waals surface area (Å²) in [5, 5.41) is 3.15. The third kappa shape index (κ3) is 7.93. The van der Waals surface area contributed by atoms with E-state index in [1.54, 1.807) is 24.3 Å². The molecule has 35 heavy (non-hydrogen) atoms. The molecule has 1 saturated carbocycles. The van der Waals surface area contributed by atoms with Gasteiger partial charge in [-0.2, -0.15) is 0 Å². The van der Waals surface area contributed by atoms with E-state index in [9.17, 15) is 18.0 Å². The van der Waals surface area contributed by atoms with Crippen molar-refractivity contribution < 1.29 is 18.0 Å². The van der Waals surface area contributed by atoms with E-state index < -0.39 is 22.0 Å². The van der Waals surface area contributed by atoms with E-state index in [0.29, 0.717) is 12.1 Å². The van der Waals surface area contributed by atoms with Crippen molar-refractivity contribution in [3.63, 3.8) is 0 Å². The summed E-state index contributed by atoms with van der Waals surface area (Å²) in [6, 6.07) is 15.9. The van der Waals surface area contributed by atoms with Gasteiger partial charge >= 0.3 is 0 Å². The minimum atomic E-state index is -3.72. The van der Waals surface area contributed by atoms with E-state index in [1.807, 2.05) is 37.3 Å². The molecule has 1 atom stereocenters. The number of hydrogen-bond acceptors (Lipinski definition) is 4. The molecule has 2 aromatic carbocycles. The molecule has 2 aromatic rings. The highest BCUT2D eigenvalue weighted by Gasteiger charge is 2.32. The van der Waals surface area contributed by atoms with Gasteiger partial charge < -0.3 is 10.2 Å². The van der Waals surface area contributed by atoms with Crippen LogP contribution in [0.5, 0.6) is 0 Å². The number of benzene rings is 2. The average Bonchev–Trinajstić information content (AvgIpc) is 2.83. The van der Waals surface area contributed by atoms with Crippen LogP contribution >= 0.6 is 22.6 Å². The van der Waals surface area contributed by atoms with Crippen molar-refractivity contribution in [1.29, 1.82) is 0 Å². The number of hydrogen-bond donors (Lipinski definition) is 1. The monoisotopic (exact) mass is 611 g/mol. The average molecular weight is 612 g/mol. The number of nitrogens with zero attached hydrogens (tertiary/aromatic N) is 2. The second-order valence-electron chi connectivity index (χ2n) is 9.02. The molecule has 1 N–H and O–H groups in total. The van der Waals surface area contributed by atoms with Gasteiger partial charge in [-0.15, -0.1) is 0 Å². The van der Waals surface area contributed by atoms with Crippen molar-refractivity contribution in [2.75, 3.05) is 17.1 Å². The molecular formula is C26H34IN3O4S. The number of nitrogens with one attached hydrogen (secondary N) is 1. The number of halogens is 1. The van der Waals surface area contributed by atoms with Crippen molar-refractivity contribution in [2.45, 2.75) is 64.1 Å². The summed E-state index contributed by atoms with van der Waals surface area (Å²) in [7, 11) is -3.72. The minimum Gasteiger partial charge on any atom is -0.352 e. The Morgan fingerprint density at radius 3 is 2.23 bits per heavy atom. The van der Waals surface area contributed by atoms with Crippen LogP contribution in [0.1, 0.15) is 51.0 Å². The van der Waals surface area contributed by atoms with Crippen molar-refractivity contribution in [3.05, 3.63) is 63.7 Å². The lowest BCUT2D eigenvalue weighted by Gasteiger charge is -2.34. The van der Waals surface area contributed by atoms with Gasteiger partial charge in [-0.1, -0.05) is 56.5 Å². The predicted octanol–water partition coefficient (Wildman–Crippen LogP) is 4.31. The van der Waals surface area contributed by atoms with Crippen LogP contribution in [0.4, 0.5) is 5.69 Å². The maximum atomic E-state index is 13.7. The first kappa shape index (κ1) is 27.4. The molecule has 0 saturated heterocycles. The number of sulfonamides is 1. The normalized spacial score (nSPS) is 15.3. The van der Waals surface area contributed by atoms with Crippen LogP contribution in [0.3, 0.4) is 0 Å². The number of anilines is 1. The zero-order chi connectivity index (χ0) is 25.4. The summed E-state index contributed by atoms with van der Waals surface area (Å²) < 4.78 is 27.4. The lowest BCUT2D eigenvalue weighted by Crippen LogP contribution is -2.53. The molecule has 190 valence electrons. The molecule has 0 aliphatic heterocycles. The first-order valence-corrected chi connectivity index (χ1v) is 15.0. The fourth-order valence-electron chi connectivity index (χ4n) is 4.46. The second kappa shape index (κ2) is 12.7. The molecular weight excluding hydrogens is 577 g/mol. The topological polar surface area (TPSA) is 86.8 Å². The summed E-state index contributed by atoms with van der Waals surface area (Å²) in [4.78, 5) is 28.5. The number of carbonyl (C=O) groups excluding carboxylic acids is 2. The van der Waals surface area contributed by atoms with Crippen molar-refractivity contribution in [3.8, 4) is 0 Å². The maximum Gasteiger partial charge on any atom is 0.244 e. The van der Waals surface area contributed by atoms with Crippen LogP contribution in [-0.4, -0.2) is 50.0 Å². The molecule has 2 amide bonds. The molecule has 0 bridgehead atoms. The highest BCUT2D eigenvalue weighted by atomic mass is 127. The first-order valence-electron chi connectivity index (χ1n) is 12.1. The van der Waals surface area contributed by atoms with Gasteiger partial charge in [0.1, 0.15) is 12.6 Å². The van der Waals surface area contributed by atoms with Crippen molar-refractivity contribution in [2.24, 2.45) is 0 Å². The Bertz CT molecular complexity index is 1090. The molecule has 3 rings (SSSR count). The standard InChI is InChI=1S/C26H34IN3O4S/c1-3-24(26(32)28-22-12-8-5-9-13-22)29(18-20-10-6-4-7-11-20)25(31)19-30(35(2,33)34)23-16-14-21(27)15-17-23/h4,6-7,10-11,14-17,22,24H,3,5,8-9,12-13,18-19H2,1-2H3,(H,28,32). The molecule has 0 spiro atoms. The van der Waals surface area contributed by atoms with E-state index >= 15 is 0 Å². The SMILES string of the molecule is CCC(C(=O)NC1CCCCC1)N(Cc1ccccc1)C(=O)CN(c1ccc(I)cc1)S(C)(=O)=O. The Kier molecular flexibility index (Phi) is 9.97. The summed E-state index contributed by atoms with van der Waals surface area (Å²) in [6.45, 7) is 1.73. The van der Waals surface area contributed by atoms with Crippen LogP contribution < -0.4 is 9.62 Å². The van der Waals surface area contributed by atoms with E-state index in [1.165, 1.54) is 11.3 Å². The zero-order valence-electron chi connectivity index (χ0n) is 20.3. The molecule has 7 nitrogen and oxygen atoms in total. The van der Waals surface area contributed by atoms with Gasteiger partial charge in [0.25, 0.3) is 0 Å². The van der Waals surface area contributed by atoms with Crippen LogP contribution in [-0.2, 0) is 26.2 Å². The van der Waals surface area contributed by atoms with Gasteiger partial charge in [0, 0.05) is 16.2 Å². The van der Waals surface area contributed by atoms with Crippen LogP contribution in [0.2, 0.25) is 0 Å². The molecule has 1 aliphatic carbocycles. The summed E-state index contributed by atoms with van der Waals surface area (Å²) >= 11 is 2.14. The zero-order valence-corrected chi connectivity index (χ0v) is 23.3. The fourth-order valence-corrected chi connectivity index (χ4v) is 5.67. The molecule has 9 heteroatoms. The maximum absolute atomic E-state index is 13.7. The first-order chi connectivity index (χ1) is 16.7. The Hall–Kier alpha value is -2.14. The highest BCUT2D eigenvalue weighted by Crippen LogP contribution is 2.22. The Labute approximate surface area is 222 Å². The van der Waals surface area contributed by atoms with Crippen molar-refractivity contribution in [1.82, 2.24) is 10.2 Å². The van der Waals surface area contributed by atoms with Gasteiger partial charge in [-0.05, 0) is 71.7 Å². The quantitative estimate of drug-likeness (QED) is 0.406. The fraction of sp³-hybridized carbons (Fsp3) is 0.462. The molecule has 1 aliphatic rings. The van der Waals surface area contributed by atoms with Crippen LogP contribution in [0, 0.1) is 3.57 Å². The largest absolute Gasteiger partial charge is 0.352 e. The minimum absolute atomic E-state index is 0.123.